The third-order valence-corrected chi connectivity index (χ3v) is 9.78. The van der Waals surface area contributed by atoms with Crippen molar-refractivity contribution in [2.24, 2.45) is 5.92 Å². The van der Waals surface area contributed by atoms with Crippen molar-refractivity contribution in [2.75, 3.05) is 24.7 Å². The lowest BCUT2D eigenvalue weighted by Crippen LogP contribution is -2.36. The maximum atomic E-state index is 14.1. The lowest BCUT2D eigenvalue weighted by Gasteiger charge is -2.31. The highest BCUT2D eigenvalue weighted by molar-refractivity contribution is 7.79. The Balaban J connectivity index is 1.23. The Morgan fingerprint density at radius 3 is 2.45 bits per heavy atom. The highest BCUT2D eigenvalue weighted by Crippen LogP contribution is 2.55. The minimum atomic E-state index is -4.89. The van der Waals surface area contributed by atoms with E-state index in [0.29, 0.717) is 12.8 Å². The van der Waals surface area contributed by atoms with Crippen LogP contribution in [0.15, 0.2) is 23.8 Å². The second-order valence-electron chi connectivity index (χ2n) is 10.9. The van der Waals surface area contributed by atoms with Gasteiger partial charge in [0.15, 0.2) is 35.1 Å². The van der Waals surface area contributed by atoms with Crippen LogP contribution >= 0.6 is 15.3 Å². The van der Waals surface area contributed by atoms with Crippen LogP contribution in [-0.4, -0.2) is 100 Å². The fourth-order valence-electron chi connectivity index (χ4n) is 6.00. The number of H-pyrrole nitrogens is 1. The van der Waals surface area contributed by atoms with E-state index in [9.17, 15) is 23.9 Å². The fourth-order valence-corrected chi connectivity index (χ4v) is 7.75. The van der Waals surface area contributed by atoms with Crippen molar-refractivity contribution in [3.05, 3.63) is 29.3 Å². The monoisotopic (exact) mass is 697 g/mol. The molecule has 254 valence electrons. The van der Waals surface area contributed by atoms with Gasteiger partial charge in [-0.15, -0.1) is 0 Å². The number of phosphoric ester groups is 1. The normalized spacial score (nSPS) is 36.6. The summed E-state index contributed by atoms with van der Waals surface area (Å²) in [6.07, 6.45) is -3.32. The van der Waals surface area contributed by atoms with Crippen LogP contribution in [0.4, 0.5) is 11.8 Å². The van der Waals surface area contributed by atoms with Crippen LogP contribution in [0.3, 0.4) is 0 Å². The fraction of sp³-hybridized carbons (Fsp3) is 0.565. The standard InChI is InChI=1S/C23H32BN10O11P2/c1-2-3-9-10-4-41-47(38,39)45-16-11(43-21(14(16)35)33-7-29-12-17(25)27-6-28-18(12)33)5-40-46(24,37)44-15(9)22(42-10)34-8-30-13-19(34)31-23(26)32-20(13)36/h6-11,14-16,21-22,35H,2-5H2,1,24H3,(H,38,39)(H2,25,27,28)(H3,26,31,32,36)/q-1/t9?,10-,11-,14?,15+,16+,21-,22-,46?/m1/s1. The number of nitrogens with zero attached hydrogens (tertiary/aromatic N) is 7. The number of rotatable bonds is 4. The first-order chi connectivity index (χ1) is 22.4. The highest BCUT2D eigenvalue weighted by atomic mass is 31.2. The van der Waals surface area contributed by atoms with Crippen LogP contribution in [0, 0.1) is 5.92 Å². The van der Waals surface area contributed by atoms with E-state index in [-0.39, 0.29) is 34.1 Å². The number of nitrogens with one attached hydrogen (secondary N) is 1. The number of aromatic nitrogens is 8. The molecular formula is C23H32BN10O11P2-. The Morgan fingerprint density at radius 2 is 1.68 bits per heavy atom. The number of hydrogen-bond acceptors (Lipinski definition) is 17. The molecule has 4 aromatic rings. The Hall–Kier alpha value is -3.30. The number of fused-ring (bicyclic) bond motifs is 5. The number of anilines is 2. The molecule has 21 nitrogen and oxygen atoms in total. The van der Waals surface area contributed by atoms with Gasteiger partial charge in [0.05, 0.1) is 39.5 Å². The average Bonchev–Trinajstić information content (AvgIpc) is 3.76. The van der Waals surface area contributed by atoms with Gasteiger partial charge in [-0.2, -0.15) is 4.98 Å². The smallest absolute Gasteiger partial charge is 0.386 e. The van der Waals surface area contributed by atoms with E-state index >= 15 is 0 Å². The third kappa shape index (κ3) is 5.88. The molecule has 24 heteroatoms. The molecule has 0 radical (unpaired) electrons. The second-order valence-corrected chi connectivity index (χ2v) is 13.2. The first-order valence-electron chi connectivity index (χ1n) is 14.1. The number of imidazole rings is 2. The van der Waals surface area contributed by atoms with E-state index in [0.717, 1.165) is 0 Å². The van der Waals surface area contributed by atoms with Gasteiger partial charge in [-0.3, -0.25) is 28.0 Å². The summed E-state index contributed by atoms with van der Waals surface area (Å²) in [5, 5.41) is 11.3. The van der Waals surface area contributed by atoms with E-state index in [1.54, 1.807) is 0 Å². The van der Waals surface area contributed by atoms with Crippen molar-refractivity contribution >= 4 is 57.0 Å². The maximum Gasteiger partial charge on any atom is 0.472 e. The zero-order valence-electron chi connectivity index (χ0n) is 23.9. The Kier molecular flexibility index (Phi) is 8.23. The molecule has 0 spiro atoms. The zero-order chi connectivity index (χ0) is 33.2. The number of aromatic amines is 1. The first kappa shape index (κ1) is 32.3. The van der Waals surface area contributed by atoms with Crippen molar-refractivity contribution in [2.45, 2.75) is 62.7 Å². The number of phosphoric acid groups is 1. The Labute approximate surface area is 265 Å². The highest BCUT2D eigenvalue weighted by Gasteiger charge is 2.52. The van der Waals surface area contributed by atoms with Gasteiger partial charge >= 0.3 is 7.82 Å². The van der Waals surface area contributed by atoms with Gasteiger partial charge in [-0.25, -0.2) is 24.5 Å². The number of aliphatic hydroxyl groups is 1. The van der Waals surface area contributed by atoms with Gasteiger partial charge in [0.1, 0.15) is 43.7 Å². The van der Waals surface area contributed by atoms with Crippen LogP contribution in [0.5, 0.6) is 0 Å². The molecule has 10 atom stereocenters. The van der Waals surface area contributed by atoms with Gasteiger partial charge in [0.25, 0.3) is 5.56 Å². The molecule has 4 aromatic heterocycles. The molecule has 47 heavy (non-hydrogen) atoms. The van der Waals surface area contributed by atoms with Crippen molar-refractivity contribution in [3.8, 4) is 0 Å². The number of ether oxygens (including phenoxy) is 2. The molecule has 7 rings (SSSR count). The molecule has 3 fully saturated rings. The van der Waals surface area contributed by atoms with Crippen LogP contribution < -0.4 is 17.0 Å². The van der Waals surface area contributed by atoms with Gasteiger partial charge in [0, 0.05) is 5.92 Å². The molecule has 3 saturated heterocycles. The molecule has 3 aliphatic rings. The summed E-state index contributed by atoms with van der Waals surface area (Å²) >= 11 is 0. The first-order valence-corrected chi connectivity index (χ1v) is 16.7. The minimum absolute atomic E-state index is 0.00823. The van der Waals surface area contributed by atoms with E-state index in [1.807, 2.05) is 6.92 Å². The molecule has 4 unspecified atom stereocenters. The van der Waals surface area contributed by atoms with Crippen molar-refractivity contribution in [3.63, 3.8) is 0 Å². The van der Waals surface area contributed by atoms with Gasteiger partial charge in [0.2, 0.25) is 5.95 Å². The molecule has 7 N–H and O–H groups in total. The summed E-state index contributed by atoms with van der Waals surface area (Å²) in [5.41, 5.74) is 11.7. The minimum Gasteiger partial charge on any atom is -0.386 e. The molecule has 3 aliphatic heterocycles. The quantitative estimate of drug-likeness (QED) is 0.127. The number of aliphatic hydroxyl groups excluding tert-OH is 1. The molecule has 7 heterocycles. The summed E-state index contributed by atoms with van der Waals surface area (Å²) in [4.78, 5) is 46.3. The van der Waals surface area contributed by atoms with Crippen LogP contribution in [-0.2, 0) is 36.7 Å². The molecule has 2 bridgehead atoms. The second kappa shape index (κ2) is 12.0. The lowest BCUT2D eigenvalue weighted by molar-refractivity contribution is -0.0613. The maximum absolute atomic E-state index is 14.1. The van der Waals surface area contributed by atoms with Crippen LogP contribution in [0.1, 0.15) is 32.2 Å². The Morgan fingerprint density at radius 1 is 0.979 bits per heavy atom. The molecule has 0 saturated carbocycles. The third-order valence-electron chi connectivity index (χ3n) is 8.02. The SMILES string of the molecule is [BH3-]P1(=O)OC[C@H]2O[C@@H](n3cnc4c(N)ncnc43)C(O)[C@H]2OP(=O)(O)OC[C@H]2O[C@@H](n3cnc4c(=O)[nH]c(N)nc43)[C@@H](O1)C2CCC. The van der Waals surface area contributed by atoms with E-state index in [1.165, 1.54) is 28.1 Å². The molecule has 0 amide bonds. The topological polar surface area (TPSA) is 289 Å². The molecule has 0 aliphatic carbocycles. The van der Waals surface area contributed by atoms with Crippen molar-refractivity contribution in [1.82, 2.24) is 39.0 Å². The summed E-state index contributed by atoms with van der Waals surface area (Å²) in [6, 6.07) is 0. The Bertz CT molecular complexity index is 1980. The molecule has 0 aromatic carbocycles. The van der Waals surface area contributed by atoms with E-state index in [4.69, 9.17) is 39.0 Å². The van der Waals surface area contributed by atoms with Gasteiger partial charge in [-0.1, -0.05) is 13.3 Å². The number of hydrogen-bond donors (Lipinski definition) is 5. The predicted molar refractivity (Wildman–Crippen MR) is 164 cm³/mol. The zero-order valence-corrected chi connectivity index (χ0v) is 25.7. The average molecular weight is 697 g/mol. The summed E-state index contributed by atoms with van der Waals surface area (Å²) in [6.45, 7) is 1.04. The number of nitrogen functional groups attached to an aromatic ring is 2. The van der Waals surface area contributed by atoms with E-state index < -0.39 is 90.5 Å². The largest absolute Gasteiger partial charge is 0.472 e. The van der Waals surface area contributed by atoms with Crippen LogP contribution in [0.2, 0.25) is 0 Å². The van der Waals surface area contributed by atoms with Gasteiger partial charge < -0.3 is 44.6 Å². The molecular weight excluding hydrogens is 665 g/mol. The summed E-state index contributed by atoms with van der Waals surface area (Å²) < 4.78 is 65.7. The predicted octanol–water partition coefficient (Wildman–Crippen LogP) is -0.913. The van der Waals surface area contributed by atoms with Gasteiger partial charge in [-0.05, 0) is 6.42 Å². The summed E-state index contributed by atoms with van der Waals surface area (Å²) in [5.74, 6) is -0.563. The lowest BCUT2D eigenvalue weighted by atomic mass is 9.93. The van der Waals surface area contributed by atoms with Crippen LogP contribution in [0.25, 0.3) is 22.3 Å². The van der Waals surface area contributed by atoms with Crippen molar-refractivity contribution in [1.29, 1.82) is 0 Å². The number of nitrogens with two attached hydrogens (primary N) is 2. The summed E-state index contributed by atoms with van der Waals surface area (Å²) in [7, 11) is -9.80. The van der Waals surface area contributed by atoms with E-state index in [2.05, 4.69) is 29.9 Å². The van der Waals surface area contributed by atoms with Crippen molar-refractivity contribution < 1.29 is 46.7 Å².